The molecule has 1 rings (SSSR count). The molecule has 1 atom stereocenters. The number of hydrogen-bond donors (Lipinski definition) is 2. The summed E-state index contributed by atoms with van der Waals surface area (Å²) in [5.41, 5.74) is 0.531. The predicted octanol–water partition coefficient (Wildman–Crippen LogP) is 2.54. The monoisotopic (exact) mass is 259 g/mol. The van der Waals surface area contributed by atoms with Crippen molar-refractivity contribution in [1.82, 2.24) is 5.32 Å². The van der Waals surface area contributed by atoms with E-state index in [4.69, 9.17) is 0 Å². The molecule has 1 unspecified atom stereocenters. The van der Waals surface area contributed by atoms with Crippen molar-refractivity contribution in [2.45, 2.75) is 45.6 Å². The molecule has 0 heterocycles. The minimum atomic E-state index is -2.80. The average molecular weight is 259 g/mol. The summed E-state index contributed by atoms with van der Waals surface area (Å²) in [7, 11) is 0. The van der Waals surface area contributed by atoms with Gasteiger partial charge in [0.1, 0.15) is 5.75 Å². The number of ether oxygens (including phenoxy) is 1. The number of benzene rings is 1. The number of hydrogen-bond acceptors (Lipinski definition) is 3. The quantitative estimate of drug-likeness (QED) is 0.825. The fourth-order valence-corrected chi connectivity index (χ4v) is 1.27. The van der Waals surface area contributed by atoms with E-state index in [1.165, 1.54) is 12.1 Å². The Labute approximate surface area is 106 Å². The van der Waals surface area contributed by atoms with E-state index in [1.54, 1.807) is 19.1 Å². The van der Waals surface area contributed by atoms with Crippen molar-refractivity contribution in [2.24, 2.45) is 0 Å². The van der Waals surface area contributed by atoms with Crippen LogP contribution in [0.15, 0.2) is 24.3 Å². The normalized spacial score (nSPS) is 13.7. The van der Waals surface area contributed by atoms with Crippen molar-refractivity contribution in [2.75, 3.05) is 0 Å². The molecule has 0 aromatic heterocycles. The zero-order chi connectivity index (χ0) is 13.8. The van der Waals surface area contributed by atoms with Crippen LogP contribution in [0.25, 0.3) is 0 Å². The highest BCUT2D eigenvalue weighted by Gasteiger charge is 2.22. The first-order chi connectivity index (χ1) is 8.31. The van der Waals surface area contributed by atoms with Crippen molar-refractivity contribution >= 4 is 0 Å². The topological polar surface area (TPSA) is 41.5 Å². The minimum Gasteiger partial charge on any atom is -0.435 e. The van der Waals surface area contributed by atoms with Crippen LogP contribution < -0.4 is 10.1 Å². The summed E-state index contributed by atoms with van der Waals surface area (Å²) >= 11 is 0. The standard InChI is InChI=1S/C13H19F2NO2/c1-9(17)13(2,3)16-8-10-4-6-11(7-5-10)18-12(14)15/h4-7,9,12,16-17H,8H2,1-3H3. The number of nitrogens with one attached hydrogen (secondary N) is 1. The van der Waals surface area contributed by atoms with Gasteiger partial charge in [0.05, 0.1) is 6.10 Å². The molecule has 0 aliphatic carbocycles. The molecule has 0 radical (unpaired) electrons. The highest BCUT2D eigenvalue weighted by molar-refractivity contribution is 5.27. The third kappa shape index (κ3) is 4.58. The van der Waals surface area contributed by atoms with Gasteiger partial charge in [-0.2, -0.15) is 8.78 Å². The minimum absolute atomic E-state index is 0.142. The van der Waals surface area contributed by atoms with Crippen LogP contribution in [0.5, 0.6) is 5.75 Å². The molecule has 0 saturated carbocycles. The van der Waals surface area contributed by atoms with Crippen LogP contribution in [0.2, 0.25) is 0 Å². The van der Waals surface area contributed by atoms with E-state index in [9.17, 15) is 13.9 Å². The first kappa shape index (κ1) is 14.9. The first-order valence-electron chi connectivity index (χ1n) is 5.78. The lowest BCUT2D eigenvalue weighted by atomic mass is 9.98. The number of halogens is 2. The van der Waals surface area contributed by atoms with Crippen molar-refractivity contribution in [3.8, 4) is 5.75 Å². The van der Waals surface area contributed by atoms with E-state index in [2.05, 4.69) is 10.1 Å². The van der Waals surface area contributed by atoms with Crippen LogP contribution in [0.1, 0.15) is 26.3 Å². The summed E-state index contributed by atoms with van der Waals surface area (Å²) in [6, 6.07) is 6.42. The van der Waals surface area contributed by atoms with Crippen molar-refractivity contribution < 1.29 is 18.6 Å². The van der Waals surface area contributed by atoms with E-state index in [1.807, 2.05) is 13.8 Å². The van der Waals surface area contributed by atoms with Gasteiger partial charge in [0.15, 0.2) is 0 Å². The molecule has 0 spiro atoms. The Kier molecular flexibility index (Phi) is 5.04. The molecule has 0 aliphatic rings. The molecule has 0 aliphatic heterocycles. The maximum Gasteiger partial charge on any atom is 0.387 e. The molecule has 102 valence electrons. The lowest BCUT2D eigenvalue weighted by molar-refractivity contribution is -0.0498. The van der Waals surface area contributed by atoms with Crippen LogP contribution in [-0.4, -0.2) is 23.4 Å². The Morgan fingerprint density at radius 2 is 1.83 bits per heavy atom. The zero-order valence-corrected chi connectivity index (χ0v) is 10.8. The number of rotatable bonds is 6. The smallest absolute Gasteiger partial charge is 0.387 e. The Balaban J connectivity index is 2.54. The number of alkyl halides is 2. The molecule has 5 heteroatoms. The summed E-state index contributed by atoms with van der Waals surface area (Å²) < 4.78 is 28.2. The summed E-state index contributed by atoms with van der Waals surface area (Å²) in [6.45, 7) is 3.25. The highest BCUT2D eigenvalue weighted by Crippen LogP contribution is 2.16. The van der Waals surface area contributed by atoms with E-state index in [-0.39, 0.29) is 5.75 Å². The van der Waals surface area contributed by atoms with Crippen molar-refractivity contribution in [3.63, 3.8) is 0 Å². The first-order valence-corrected chi connectivity index (χ1v) is 5.78. The predicted molar refractivity (Wildman–Crippen MR) is 65.7 cm³/mol. The molecule has 1 aromatic rings. The maximum absolute atomic E-state index is 12.0. The Bertz CT molecular complexity index is 364. The lowest BCUT2D eigenvalue weighted by Gasteiger charge is -2.29. The van der Waals surface area contributed by atoms with E-state index in [0.717, 1.165) is 5.56 Å². The second-order valence-corrected chi connectivity index (χ2v) is 4.77. The van der Waals surface area contributed by atoms with Crippen LogP contribution >= 0.6 is 0 Å². The van der Waals surface area contributed by atoms with Crippen LogP contribution in [0.3, 0.4) is 0 Å². The van der Waals surface area contributed by atoms with Gasteiger partial charge in [0.25, 0.3) is 0 Å². The van der Waals surface area contributed by atoms with Crippen LogP contribution in [-0.2, 0) is 6.54 Å². The SMILES string of the molecule is CC(O)C(C)(C)NCc1ccc(OC(F)F)cc1. The van der Waals surface area contributed by atoms with Crippen molar-refractivity contribution in [1.29, 1.82) is 0 Å². The fourth-order valence-electron chi connectivity index (χ4n) is 1.27. The second kappa shape index (κ2) is 6.11. The van der Waals surface area contributed by atoms with Crippen molar-refractivity contribution in [3.05, 3.63) is 29.8 Å². The molecule has 0 fully saturated rings. The molecular formula is C13H19F2NO2. The molecule has 2 N–H and O–H groups in total. The summed E-state index contributed by atoms with van der Waals surface area (Å²) in [5, 5.41) is 12.7. The molecule has 0 amide bonds. The Morgan fingerprint density at radius 3 is 2.28 bits per heavy atom. The molecule has 18 heavy (non-hydrogen) atoms. The Hall–Kier alpha value is -1.20. The highest BCUT2D eigenvalue weighted by atomic mass is 19.3. The van der Waals surface area contributed by atoms with E-state index < -0.39 is 18.3 Å². The average Bonchev–Trinajstić information content (AvgIpc) is 2.27. The summed E-state index contributed by atoms with van der Waals surface area (Å²) in [4.78, 5) is 0. The molecular weight excluding hydrogens is 240 g/mol. The summed E-state index contributed by atoms with van der Waals surface area (Å²) in [6.07, 6.45) is -0.487. The molecule has 0 saturated heterocycles. The van der Waals surface area contributed by atoms with Gasteiger partial charge in [-0.05, 0) is 38.5 Å². The van der Waals surface area contributed by atoms with Gasteiger partial charge in [0.2, 0.25) is 0 Å². The molecule has 0 bridgehead atoms. The van der Waals surface area contributed by atoms with Gasteiger partial charge in [-0.25, -0.2) is 0 Å². The van der Waals surface area contributed by atoms with Gasteiger partial charge in [-0.15, -0.1) is 0 Å². The maximum atomic E-state index is 12.0. The summed E-state index contributed by atoms with van der Waals surface area (Å²) in [5.74, 6) is 0.142. The van der Waals surface area contributed by atoms with Crippen LogP contribution in [0, 0.1) is 0 Å². The van der Waals surface area contributed by atoms with Gasteiger partial charge in [-0.3, -0.25) is 0 Å². The Morgan fingerprint density at radius 1 is 1.28 bits per heavy atom. The van der Waals surface area contributed by atoms with Gasteiger partial charge in [0, 0.05) is 12.1 Å². The second-order valence-electron chi connectivity index (χ2n) is 4.77. The fraction of sp³-hybridized carbons (Fsp3) is 0.538. The number of aliphatic hydroxyl groups excluding tert-OH is 1. The third-order valence-corrected chi connectivity index (χ3v) is 2.94. The largest absolute Gasteiger partial charge is 0.435 e. The van der Waals surface area contributed by atoms with Crippen LogP contribution in [0.4, 0.5) is 8.78 Å². The van der Waals surface area contributed by atoms with E-state index >= 15 is 0 Å². The molecule has 3 nitrogen and oxygen atoms in total. The van der Waals surface area contributed by atoms with Gasteiger partial charge >= 0.3 is 6.61 Å². The lowest BCUT2D eigenvalue weighted by Crippen LogP contribution is -2.47. The number of aliphatic hydroxyl groups is 1. The van der Waals surface area contributed by atoms with Gasteiger partial charge < -0.3 is 15.2 Å². The van der Waals surface area contributed by atoms with E-state index in [0.29, 0.717) is 6.54 Å². The molecule has 1 aromatic carbocycles. The van der Waals surface area contributed by atoms with Gasteiger partial charge in [-0.1, -0.05) is 12.1 Å². The zero-order valence-electron chi connectivity index (χ0n) is 10.8. The third-order valence-electron chi connectivity index (χ3n) is 2.94.